The summed E-state index contributed by atoms with van der Waals surface area (Å²) in [6.45, 7) is 1.41. The zero-order chi connectivity index (χ0) is 21.6. The number of nitrogens with zero attached hydrogens (tertiary/aromatic N) is 1. The number of nitrogens with one attached hydrogen (secondary N) is 1. The SMILES string of the molecule is Cc1cc(C(=O)OCC(=O)Nc2ccc(Oc3ccccc3)cc2)c2ccccc2n1. The van der Waals surface area contributed by atoms with Gasteiger partial charge in [-0.15, -0.1) is 0 Å². The number of fused-ring (bicyclic) bond motifs is 1. The molecule has 1 amide bonds. The lowest BCUT2D eigenvalue weighted by Gasteiger charge is -2.10. The number of rotatable bonds is 6. The van der Waals surface area contributed by atoms with Crippen molar-refractivity contribution in [2.45, 2.75) is 6.92 Å². The van der Waals surface area contributed by atoms with Crippen LogP contribution in [0.2, 0.25) is 0 Å². The minimum Gasteiger partial charge on any atom is -0.457 e. The molecule has 0 bridgehead atoms. The fraction of sp³-hybridized carbons (Fsp3) is 0.0800. The molecule has 0 aliphatic rings. The lowest BCUT2D eigenvalue weighted by atomic mass is 10.1. The van der Waals surface area contributed by atoms with Gasteiger partial charge in [0.25, 0.3) is 5.91 Å². The van der Waals surface area contributed by atoms with Crippen molar-refractivity contribution in [3.05, 3.63) is 96.2 Å². The second kappa shape index (κ2) is 9.09. The van der Waals surface area contributed by atoms with Crippen LogP contribution in [0.1, 0.15) is 16.1 Å². The largest absolute Gasteiger partial charge is 0.457 e. The van der Waals surface area contributed by atoms with Crippen molar-refractivity contribution in [1.29, 1.82) is 0 Å². The van der Waals surface area contributed by atoms with E-state index in [4.69, 9.17) is 9.47 Å². The average Bonchev–Trinajstić information content (AvgIpc) is 2.79. The van der Waals surface area contributed by atoms with Crippen LogP contribution in [-0.2, 0) is 9.53 Å². The fourth-order valence-electron chi connectivity index (χ4n) is 3.11. The monoisotopic (exact) mass is 412 g/mol. The first-order valence-corrected chi connectivity index (χ1v) is 9.75. The molecule has 0 spiro atoms. The molecule has 1 N–H and O–H groups in total. The summed E-state index contributed by atoms with van der Waals surface area (Å²) >= 11 is 0. The number of amides is 1. The first-order chi connectivity index (χ1) is 15.1. The van der Waals surface area contributed by atoms with Crippen LogP contribution in [0.3, 0.4) is 0 Å². The quantitative estimate of drug-likeness (QED) is 0.444. The third kappa shape index (κ3) is 5.05. The summed E-state index contributed by atoms with van der Waals surface area (Å²) in [5.41, 5.74) is 2.37. The van der Waals surface area contributed by atoms with E-state index in [1.807, 2.05) is 48.5 Å². The summed E-state index contributed by atoms with van der Waals surface area (Å²) in [5, 5.41) is 3.39. The first kappa shape index (κ1) is 20.1. The molecule has 4 aromatic rings. The maximum Gasteiger partial charge on any atom is 0.339 e. The molecule has 4 rings (SSSR count). The van der Waals surface area contributed by atoms with Crippen LogP contribution in [0.15, 0.2) is 84.9 Å². The number of aromatic nitrogens is 1. The highest BCUT2D eigenvalue weighted by molar-refractivity contribution is 6.04. The summed E-state index contributed by atoms with van der Waals surface area (Å²) in [6.07, 6.45) is 0. The molecule has 0 aliphatic heterocycles. The van der Waals surface area contributed by atoms with E-state index in [2.05, 4.69) is 10.3 Å². The van der Waals surface area contributed by atoms with Gasteiger partial charge in [0.15, 0.2) is 6.61 Å². The molecule has 0 fully saturated rings. The second-order valence-electron chi connectivity index (χ2n) is 6.89. The number of para-hydroxylation sites is 2. The highest BCUT2D eigenvalue weighted by atomic mass is 16.5. The summed E-state index contributed by atoms with van der Waals surface area (Å²) in [7, 11) is 0. The molecule has 1 aromatic heterocycles. The summed E-state index contributed by atoms with van der Waals surface area (Å²) in [6, 6.07) is 25.3. The normalized spacial score (nSPS) is 10.5. The van der Waals surface area contributed by atoms with Crippen molar-refractivity contribution < 1.29 is 19.1 Å². The van der Waals surface area contributed by atoms with Gasteiger partial charge in [0.05, 0.1) is 11.1 Å². The smallest absolute Gasteiger partial charge is 0.339 e. The topological polar surface area (TPSA) is 77.5 Å². The van der Waals surface area contributed by atoms with Crippen LogP contribution in [0.4, 0.5) is 5.69 Å². The molecule has 0 saturated carbocycles. The highest BCUT2D eigenvalue weighted by Crippen LogP contribution is 2.23. The molecule has 1 heterocycles. The van der Waals surface area contributed by atoms with Crippen molar-refractivity contribution in [3.63, 3.8) is 0 Å². The van der Waals surface area contributed by atoms with E-state index in [1.165, 1.54) is 0 Å². The molecule has 6 nitrogen and oxygen atoms in total. The van der Waals surface area contributed by atoms with Crippen LogP contribution >= 0.6 is 0 Å². The molecule has 0 radical (unpaired) electrons. The van der Waals surface area contributed by atoms with Gasteiger partial charge in [-0.05, 0) is 55.5 Å². The van der Waals surface area contributed by atoms with E-state index in [0.29, 0.717) is 33.6 Å². The lowest BCUT2D eigenvalue weighted by molar-refractivity contribution is -0.119. The van der Waals surface area contributed by atoms with Crippen molar-refractivity contribution in [2.24, 2.45) is 0 Å². The number of hydrogen-bond acceptors (Lipinski definition) is 5. The minimum atomic E-state index is -0.566. The standard InChI is InChI=1S/C25H20N2O4/c1-17-15-22(21-9-5-6-10-23(21)26-17)25(29)30-16-24(28)27-18-11-13-20(14-12-18)31-19-7-3-2-4-8-19/h2-15H,16H2,1H3,(H,27,28). The van der Waals surface area contributed by atoms with Crippen molar-refractivity contribution in [2.75, 3.05) is 11.9 Å². The van der Waals surface area contributed by atoms with Gasteiger partial charge in [0.1, 0.15) is 11.5 Å². The third-order valence-corrected chi connectivity index (χ3v) is 4.52. The van der Waals surface area contributed by atoms with Crippen molar-refractivity contribution >= 4 is 28.5 Å². The van der Waals surface area contributed by atoms with Crippen LogP contribution in [0.5, 0.6) is 11.5 Å². The molecule has 31 heavy (non-hydrogen) atoms. The Hall–Kier alpha value is -4.19. The van der Waals surface area contributed by atoms with Gasteiger partial charge in [-0.25, -0.2) is 4.79 Å². The summed E-state index contributed by atoms with van der Waals surface area (Å²) in [4.78, 5) is 29.2. The Balaban J connectivity index is 1.35. The molecule has 6 heteroatoms. The maximum atomic E-state index is 12.5. The number of esters is 1. The summed E-state index contributed by atoms with van der Waals surface area (Å²) in [5.74, 6) is 0.379. The Morgan fingerprint density at radius 2 is 1.55 bits per heavy atom. The molecule has 0 aliphatic carbocycles. The van der Waals surface area contributed by atoms with Crippen LogP contribution in [0.25, 0.3) is 10.9 Å². The van der Waals surface area contributed by atoms with Gasteiger partial charge in [-0.3, -0.25) is 9.78 Å². The number of carbonyl (C=O) groups excluding carboxylic acids is 2. The number of ether oxygens (including phenoxy) is 2. The average molecular weight is 412 g/mol. The summed E-state index contributed by atoms with van der Waals surface area (Å²) < 4.78 is 10.9. The third-order valence-electron chi connectivity index (χ3n) is 4.52. The Kier molecular flexibility index (Phi) is 5.89. The van der Waals surface area contributed by atoms with Crippen molar-refractivity contribution in [1.82, 2.24) is 4.98 Å². The number of benzene rings is 3. The lowest BCUT2D eigenvalue weighted by Crippen LogP contribution is -2.21. The van der Waals surface area contributed by atoms with E-state index in [-0.39, 0.29) is 0 Å². The molecule has 0 unspecified atom stereocenters. The molecular formula is C25H20N2O4. The molecule has 0 atom stereocenters. The zero-order valence-corrected chi connectivity index (χ0v) is 16.9. The van der Waals surface area contributed by atoms with E-state index in [1.54, 1.807) is 43.3 Å². The van der Waals surface area contributed by atoms with Gasteiger partial charge >= 0.3 is 5.97 Å². The Morgan fingerprint density at radius 1 is 0.871 bits per heavy atom. The Labute approximate surface area is 179 Å². The molecular weight excluding hydrogens is 392 g/mol. The van der Waals surface area contributed by atoms with Crippen LogP contribution in [-0.4, -0.2) is 23.5 Å². The predicted octanol–water partition coefficient (Wildman–Crippen LogP) is 5.13. The minimum absolute atomic E-state index is 0.387. The molecule has 0 saturated heterocycles. The van der Waals surface area contributed by atoms with Gasteiger partial charge in [0, 0.05) is 16.8 Å². The van der Waals surface area contributed by atoms with Gasteiger partial charge < -0.3 is 14.8 Å². The maximum absolute atomic E-state index is 12.5. The predicted molar refractivity (Wildman–Crippen MR) is 118 cm³/mol. The Morgan fingerprint density at radius 3 is 2.32 bits per heavy atom. The second-order valence-corrected chi connectivity index (χ2v) is 6.89. The number of anilines is 1. The van der Waals surface area contributed by atoms with Crippen molar-refractivity contribution in [3.8, 4) is 11.5 Å². The van der Waals surface area contributed by atoms with Gasteiger partial charge in [-0.1, -0.05) is 36.4 Å². The van der Waals surface area contributed by atoms with Crippen LogP contribution in [0, 0.1) is 6.92 Å². The molecule has 154 valence electrons. The van der Waals surface area contributed by atoms with E-state index in [0.717, 1.165) is 5.75 Å². The number of pyridine rings is 1. The van der Waals surface area contributed by atoms with E-state index < -0.39 is 18.5 Å². The van der Waals surface area contributed by atoms with E-state index in [9.17, 15) is 9.59 Å². The molecule has 3 aromatic carbocycles. The number of carbonyl (C=O) groups is 2. The highest BCUT2D eigenvalue weighted by Gasteiger charge is 2.15. The Bertz CT molecular complexity index is 1220. The fourth-order valence-corrected chi connectivity index (χ4v) is 3.11. The number of aryl methyl sites for hydroxylation is 1. The van der Waals surface area contributed by atoms with Gasteiger partial charge in [-0.2, -0.15) is 0 Å². The van der Waals surface area contributed by atoms with E-state index >= 15 is 0 Å². The van der Waals surface area contributed by atoms with Crippen LogP contribution < -0.4 is 10.1 Å². The zero-order valence-electron chi connectivity index (χ0n) is 16.9. The van der Waals surface area contributed by atoms with Gasteiger partial charge in [0.2, 0.25) is 0 Å². The number of hydrogen-bond donors (Lipinski definition) is 1. The first-order valence-electron chi connectivity index (χ1n) is 9.75.